The van der Waals surface area contributed by atoms with E-state index in [0.717, 1.165) is 43.3 Å². The molecule has 1 N–H and O–H groups in total. The SMILES string of the molecule is O=C(Nc1ccc(F)cc1N1CCN(CC=Cc2ccc(Cl)cc2)CC1)c1ccnc(Cl)c1. The molecule has 0 radical (unpaired) electrons. The zero-order valence-corrected chi connectivity index (χ0v) is 19.4. The van der Waals surface area contributed by atoms with Gasteiger partial charge in [0.1, 0.15) is 11.0 Å². The van der Waals surface area contributed by atoms with Crippen LogP contribution in [0.25, 0.3) is 6.08 Å². The molecule has 170 valence electrons. The summed E-state index contributed by atoms with van der Waals surface area (Å²) in [5.41, 5.74) is 2.72. The maximum atomic E-state index is 14.1. The minimum absolute atomic E-state index is 0.239. The Morgan fingerprint density at radius 2 is 1.79 bits per heavy atom. The van der Waals surface area contributed by atoms with Gasteiger partial charge in [0.2, 0.25) is 0 Å². The van der Waals surface area contributed by atoms with Crippen molar-refractivity contribution < 1.29 is 9.18 Å². The van der Waals surface area contributed by atoms with Crippen LogP contribution in [0.1, 0.15) is 15.9 Å². The molecule has 5 nitrogen and oxygen atoms in total. The summed E-state index contributed by atoms with van der Waals surface area (Å²) < 4.78 is 14.1. The number of halogens is 3. The highest BCUT2D eigenvalue weighted by Crippen LogP contribution is 2.28. The van der Waals surface area contributed by atoms with Gasteiger partial charge < -0.3 is 10.2 Å². The number of hydrogen-bond acceptors (Lipinski definition) is 4. The van der Waals surface area contributed by atoms with Gasteiger partial charge in [-0.05, 0) is 48.0 Å². The van der Waals surface area contributed by atoms with Crippen molar-refractivity contribution in [2.24, 2.45) is 0 Å². The highest BCUT2D eigenvalue weighted by Gasteiger charge is 2.20. The summed E-state index contributed by atoms with van der Waals surface area (Å²) in [6, 6.07) is 15.2. The Balaban J connectivity index is 1.38. The van der Waals surface area contributed by atoms with Gasteiger partial charge in [-0.15, -0.1) is 0 Å². The molecule has 1 fully saturated rings. The molecule has 0 bridgehead atoms. The number of pyridine rings is 1. The van der Waals surface area contributed by atoms with Crippen molar-refractivity contribution in [2.75, 3.05) is 42.9 Å². The number of nitrogens with zero attached hydrogens (tertiary/aromatic N) is 3. The first kappa shape index (κ1) is 23.2. The second-order valence-corrected chi connectivity index (χ2v) is 8.55. The third-order valence-electron chi connectivity index (χ3n) is 5.45. The Hall–Kier alpha value is -2.93. The van der Waals surface area contributed by atoms with Crippen LogP contribution >= 0.6 is 23.2 Å². The van der Waals surface area contributed by atoms with Gasteiger partial charge in [-0.2, -0.15) is 0 Å². The van der Waals surface area contributed by atoms with Crippen LogP contribution in [-0.2, 0) is 0 Å². The quantitative estimate of drug-likeness (QED) is 0.461. The van der Waals surface area contributed by atoms with Gasteiger partial charge in [0.25, 0.3) is 5.91 Å². The fourth-order valence-electron chi connectivity index (χ4n) is 3.69. The number of benzene rings is 2. The zero-order valence-electron chi connectivity index (χ0n) is 17.8. The number of aromatic nitrogens is 1. The maximum absolute atomic E-state index is 14.1. The number of hydrogen-bond donors (Lipinski definition) is 1. The van der Waals surface area contributed by atoms with Crippen molar-refractivity contribution >= 4 is 46.6 Å². The standard InChI is InChI=1S/C25H23Cl2FN4O/c26-20-5-3-18(4-6-20)2-1-11-31-12-14-32(15-13-31)23-17-21(28)7-8-22(23)30-25(33)19-9-10-29-24(27)16-19/h1-10,16-17H,11-15H2,(H,30,33). The number of amides is 1. The van der Waals surface area contributed by atoms with Gasteiger partial charge in [0.05, 0.1) is 11.4 Å². The van der Waals surface area contributed by atoms with E-state index in [1.54, 1.807) is 12.1 Å². The molecule has 1 aliphatic heterocycles. The number of carbonyl (C=O) groups excluding carboxylic acids is 1. The molecule has 0 atom stereocenters. The predicted molar refractivity (Wildman–Crippen MR) is 133 cm³/mol. The molecule has 2 aromatic carbocycles. The Morgan fingerprint density at radius 1 is 1.03 bits per heavy atom. The zero-order chi connectivity index (χ0) is 23.2. The molecule has 3 aromatic rings. The Bertz CT molecular complexity index is 1150. The van der Waals surface area contributed by atoms with Crippen molar-refractivity contribution in [3.05, 3.63) is 94.0 Å². The third kappa shape index (κ3) is 6.32. The summed E-state index contributed by atoms with van der Waals surface area (Å²) in [4.78, 5) is 21.0. The van der Waals surface area contributed by atoms with Crippen molar-refractivity contribution in [1.29, 1.82) is 0 Å². The lowest BCUT2D eigenvalue weighted by molar-refractivity contribution is 0.102. The summed E-state index contributed by atoms with van der Waals surface area (Å²) >= 11 is 11.8. The van der Waals surface area contributed by atoms with Crippen LogP contribution in [0.3, 0.4) is 0 Å². The Kier molecular flexibility index (Phi) is 7.60. The minimum atomic E-state index is -0.344. The number of anilines is 2. The van der Waals surface area contributed by atoms with Crippen molar-refractivity contribution in [2.45, 2.75) is 0 Å². The molecular formula is C25H23Cl2FN4O. The van der Waals surface area contributed by atoms with Crippen molar-refractivity contribution in [1.82, 2.24) is 9.88 Å². The average Bonchev–Trinajstić information content (AvgIpc) is 2.82. The van der Waals surface area contributed by atoms with Gasteiger partial charge in [-0.1, -0.05) is 47.5 Å². The monoisotopic (exact) mass is 484 g/mol. The first-order valence-corrected chi connectivity index (χ1v) is 11.4. The fourth-order valence-corrected chi connectivity index (χ4v) is 3.99. The number of piperazine rings is 1. The fraction of sp³-hybridized carbons (Fsp3) is 0.200. The molecule has 1 aromatic heterocycles. The van der Waals surface area contributed by atoms with E-state index in [9.17, 15) is 9.18 Å². The first-order valence-electron chi connectivity index (χ1n) is 10.6. The first-order chi connectivity index (χ1) is 16.0. The molecular weight excluding hydrogens is 462 g/mol. The highest BCUT2D eigenvalue weighted by molar-refractivity contribution is 6.30. The van der Waals surface area contributed by atoms with E-state index in [-0.39, 0.29) is 16.9 Å². The van der Waals surface area contributed by atoms with Crippen molar-refractivity contribution in [3.63, 3.8) is 0 Å². The van der Waals surface area contributed by atoms with E-state index < -0.39 is 0 Å². The van der Waals surface area contributed by atoms with Gasteiger partial charge in [0.15, 0.2) is 0 Å². The largest absolute Gasteiger partial charge is 0.367 e. The number of carbonyl (C=O) groups is 1. The van der Waals surface area contributed by atoms with E-state index in [0.29, 0.717) is 16.9 Å². The van der Waals surface area contributed by atoms with Gasteiger partial charge in [0, 0.05) is 49.5 Å². The number of rotatable bonds is 6. The molecule has 0 aliphatic carbocycles. The smallest absolute Gasteiger partial charge is 0.255 e. The lowest BCUT2D eigenvalue weighted by Gasteiger charge is -2.36. The highest BCUT2D eigenvalue weighted by atomic mass is 35.5. The molecule has 4 rings (SSSR count). The normalized spacial score (nSPS) is 14.6. The second kappa shape index (κ2) is 10.8. The van der Waals surface area contributed by atoms with E-state index in [1.165, 1.54) is 24.4 Å². The molecule has 0 spiro atoms. The molecule has 1 amide bonds. The van der Waals surface area contributed by atoms with Crippen LogP contribution < -0.4 is 10.2 Å². The molecule has 1 saturated heterocycles. The topological polar surface area (TPSA) is 48.5 Å². The van der Waals surface area contributed by atoms with Gasteiger partial charge in [-0.25, -0.2) is 9.37 Å². The van der Waals surface area contributed by atoms with Crippen LogP contribution in [0.2, 0.25) is 10.2 Å². The Labute approximate surface area is 202 Å². The van der Waals surface area contributed by atoms with Crippen LogP contribution in [0.15, 0.2) is 66.9 Å². The molecule has 8 heteroatoms. The van der Waals surface area contributed by atoms with Crippen LogP contribution in [-0.4, -0.2) is 48.5 Å². The van der Waals surface area contributed by atoms with Crippen molar-refractivity contribution in [3.8, 4) is 0 Å². The maximum Gasteiger partial charge on any atom is 0.255 e. The Morgan fingerprint density at radius 3 is 2.52 bits per heavy atom. The summed E-state index contributed by atoms with van der Waals surface area (Å²) in [7, 11) is 0. The lowest BCUT2D eigenvalue weighted by atomic mass is 10.2. The molecule has 33 heavy (non-hydrogen) atoms. The van der Waals surface area contributed by atoms with Gasteiger partial charge in [-0.3, -0.25) is 9.69 Å². The summed E-state index contributed by atoms with van der Waals surface area (Å²) in [5, 5.41) is 3.84. The van der Waals surface area contributed by atoms with Gasteiger partial charge >= 0.3 is 0 Å². The molecule has 0 saturated carbocycles. The summed E-state index contributed by atoms with van der Waals surface area (Å²) in [6.45, 7) is 3.93. The third-order valence-corrected chi connectivity index (χ3v) is 5.91. The van der Waals surface area contributed by atoms with E-state index in [1.807, 2.05) is 24.3 Å². The van der Waals surface area contributed by atoms with Crippen LogP contribution in [0.4, 0.5) is 15.8 Å². The van der Waals surface area contributed by atoms with Crippen LogP contribution in [0.5, 0.6) is 0 Å². The average molecular weight is 485 g/mol. The molecule has 0 unspecified atom stereocenters. The second-order valence-electron chi connectivity index (χ2n) is 7.72. The number of nitrogens with one attached hydrogen (secondary N) is 1. The van der Waals surface area contributed by atoms with E-state index >= 15 is 0 Å². The molecule has 1 aliphatic rings. The van der Waals surface area contributed by atoms with Crippen LogP contribution in [0, 0.1) is 5.82 Å². The predicted octanol–water partition coefficient (Wildman–Crippen LogP) is 5.62. The molecule has 2 heterocycles. The summed E-state index contributed by atoms with van der Waals surface area (Å²) in [5.74, 6) is -0.665. The lowest BCUT2D eigenvalue weighted by Crippen LogP contribution is -2.46. The minimum Gasteiger partial charge on any atom is -0.367 e. The van der Waals surface area contributed by atoms with E-state index in [2.05, 4.69) is 32.3 Å². The summed E-state index contributed by atoms with van der Waals surface area (Å²) in [6.07, 6.45) is 5.68. The van der Waals surface area contributed by atoms with E-state index in [4.69, 9.17) is 23.2 Å².